The van der Waals surface area contributed by atoms with Crippen molar-refractivity contribution in [3.05, 3.63) is 66.0 Å². The zero-order chi connectivity index (χ0) is 22.3. The summed E-state index contributed by atoms with van der Waals surface area (Å²) in [6.45, 7) is 3.20. The number of rotatable bonds is 9. The molecule has 2 aromatic rings. The highest BCUT2D eigenvalue weighted by molar-refractivity contribution is 7.92. The van der Waals surface area contributed by atoms with Gasteiger partial charge < -0.3 is 10.2 Å². The van der Waals surface area contributed by atoms with E-state index in [1.807, 2.05) is 6.07 Å². The van der Waals surface area contributed by atoms with E-state index in [9.17, 15) is 22.4 Å². The van der Waals surface area contributed by atoms with Crippen molar-refractivity contribution in [3.63, 3.8) is 0 Å². The van der Waals surface area contributed by atoms with Crippen LogP contribution in [-0.2, 0) is 26.2 Å². The number of likely N-dealkylation sites (N-methyl/N-ethyl adjacent to an activating group) is 1. The third-order valence-electron chi connectivity index (χ3n) is 4.51. The maximum absolute atomic E-state index is 14.3. The molecule has 0 fully saturated rings. The molecule has 0 aliphatic carbocycles. The monoisotopic (exact) mass is 435 g/mol. The first-order valence-electron chi connectivity index (χ1n) is 9.48. The van der Waals surface area contributed by atoms with Crippen molar-refractivity contribution in [1.29, 1.82) is 0 Å². The van der Waals surface area contributed by atoms with E-state index in [2.05, 4.69) is 5.32 Å². The molecule has 0 aromatic heterocycles. The number of nitrogens with zero attached hydrogens (tertiary/aromatic N) is 2. The Morgan fingerprint density at radius 1 is 1.07 bits per heavy atom. The van der Waals surface area contributed by atoms with Gasteiger partial charge in [0.15, 0.2) is 0 Å². The maximum atomic E-state index is 14.3. The third kappa shape index (κ3) is 6.03. The Balaban J connectivity index is 2.37. The summed E-state index contributed by atoms with van der Waals surface area (Å²) in [6, 6.07) is 13.5. The van der Waals surface area contributed by atoms with E-state index in [1.165, 1.54) is 23.1 Å². The van der Waals surface area contributed by atoms with Crippen LogP contribution < -0.4 is 9.62 Å². The average molecular weight is 436 g/mol. The smallest absolute Gasteiger partial charge is 0.244 e. The summed E-state index contributed by atoms with van der Waals surface area (Å²) in [5, 5.41) is 2.67. The van der Waals surface area contributed by atoms with Gasteiger partial charge in [0, 0.05) is 13.1 Å². The lowest BCUT2D eigenvalue weighted by Gasteiger charge is -2.31. The van der Waals surface area contributed by atoms with Crippen LogP contribution in [0.1, 0.15) is 19.4 Å². The highest BCUT2D eigenvalue weighted by atomic mass is 32.2. The van der Waals surface area contributed by atoms with E-state index in [-0.39, 0.29) is 18.1 Å². The molecule has 162 valence electrons. The average Bonchev–Trinajstić information content (AvgIpc) is 2.70. The van der Waals surface area contributed by atoms with Crippen LogP contribution in [0.2, 0.25) is 0 Å². The second-order valence-corrected chi connectivity index (χ2v) is 8.71. The van der Waals surface area contributed by atoms with Gasteiger partial charge in [0.2, 0.25) is 21.8 Å². The minimum atomic E-state index is -3.95. The normalized spacial score (nSPS) is 12.1. The van der Waals surface area contributed by atoms with Crippen LogP contribution in [0.25, 0.3) is 0 Å². The summed E-state index contributed by atoms with van der Waals surface area (Å²) >= 11 is 0. The number of sulfonamides is 1. The number of hydrogen-bond acceptors (Lipinski definition) is 4. The maximum Gasteiger partial charge on any atom is 0.244 e. The molecule has 9 heteroatoms. The Morgan fingerprint density at radius 3 is 2.23 bits per heavy atom. The Hall–Kier alpha value is -2.94. The van der Waals surface area contributed by atoms with E-state index in [0.29, 0.717) is 10.8 Å². The molecule has 0 radical (unpaired) electrons. The molecule has 2 rings (SSSR count). The number of carbonyl (C=O) groups excluding carboxylic acids is 2. The molecule has 0 aliphatic rings. The number of benzene rings is 2. The van der Waals surface area contributed by atoms with Crippen LogP contribution >= 0.6 is 0 Å². The quantitative estimate of drug-likeness (QED) is 0.654. The van der Waals surface area contributed by atoms with Gasteiger partial charge in [0.25, 0.3) is 0 Å². The second-order valence-electron chi connectivity index (χ2n) is 6.80. The fraction of sp³-hybridized carbons (Fsp3) is 0.333. The zero-order valence-corrected chi connectivity index (χ0v) is 18.0. The van der Waals surface area contributed by atoms with Crippen molar-refractivity contribution >= 4 is 27.5 Å². The molecule has 1 atom stereocenters. The molecule has 0 saturated heterocycles. The standard InChI is InChI=1S/C21H26FN3O4S/c1-4-23-21(27)16(2)24(14-17-10-6-5-7-11-17)20(26)15-25(30(3,28)29)19-13-9-8-12-18(19)22/h5-13,16H,4,14-15H2,1-3H3,(H,23,27)/t16-/m1/s1. The van der Waals surface area contributed by atoms with Gasteiger partial charge in [-0.25, -0.2) is 12.8 Å². The summed E-state index contributed by atoms with van der Waals surface area (Å²) in [6.07, 6.45) is 0.904. The summed E-state index contributed by atoms with van der Waals surface area (Å²) in [4.78, 5) is 26.8. The molecule has 0 saturated carbocycles. The van der Waals surface area contributed by atoms with E-state index in [4.69, 9.17) is 0 Å². The Kier molecular flexibility index (Phi) is 7.93. The molecule has 30 heavy (non-hydrogen) atoms. The number of amides is 2. The van der Waals surface area contributed by atoms with E-state index in [1.54, 1.807) is 38.1 Å². The molecular weight excluding hydrogens is 409 g/mol. The number of nitrogens with one attached hydrogen (secondary N) is 1. The van der Waals surface area contributed by atoms with Gasteiger partial charge in [0.1, 0.15) is 18.4 Å². The van der Waals surface area contributed by atoms with Gasteiger partial charge in [-0.05, 0) is 31.5 Å². The van der Waals surface area contributed by atoms with Gasteiger partial charge in [-0.2, -0.15) is 0 Å². The minimum absolute atomic E-state index is 0.104. The van der Waals surface area contributed by atoms with Crippen molar-refractivity contribution in [2.24, 2.45) is 0 Å². The van der Waals surface area contributed by atoms with Gasteiger partial charge in [-0.15, -0.1) is 0 Å². The van der Waals surface area contributed by atoms with Crippen molar-refractivity contribution in [1.82, 2.24) is 10.2 Å². The minimum Gasteiger partial charge on any atom is -0.355 e. The van der Waals surface area contributed by atoms with Crippen LogP contribution in [-0.4, -0.2) is 50.5 Å². The van der Waals surface area contributed by atoms with E-state index >= 15 is 0 Å². The predicted molar refractivity (Wildman–Crippen MR) is 114 cm³/mol. The van der Waals surface area contributed by atoms with Crippen LogP contribution in [0.15, 0.2) is 54.6 Å². The molecule has 0 unspecified atom stereocenters. The van der Waals surface area contributed by atoms with Crippen LogP contribution in [0.5, 0.6) is 0 Å². The van der Waals surface area contributed by atoms with E-state index in [0.717, 1.165) is 17.9 Å². The predicted octanol–water partition coefficient (Wildman–Crippen LogP) is 2.15. The van der Waals surface area contributed by atoms with E-state index < -0.39 is 34.3 Å². The Bertz CT molecular complexity index is 983. The summed E-state index contributed by atoms with van der Waals surface area (Å²) < 4.78 is 39.6. The van der Waals surface area contributed by atoms with Gasteiger partial charge in [-0.1, -0.05) is 42.5 Å². The van der Waals surface area contributed by atoms with Crippen molar-refractivity contribution < 1.29 is 22.4 Å². The SMILES string of the molecule is CCNC(=O)[C@@H](C)N(Cc1ccccc1)C(=O)CN(c1ccccc1F)S(C)(=O)=O. The van der Waals surface area contributed by atoms with Gasteiger partial charge in [-0.3, -0.25) is 13.9 Å². The second kappa shape index (κ2) is 10.2. The molecule has 2 amide bonds. The first kappa shape index (κ1) is 23.3. The Labute approximate surface area is 176 Å². The third-order valence-corrected chi connectivity index (χ3v) is 5.64. The molecule has 0 aliphatic heterocycles. The molecule has 0 spiro atoms. The van der Waals surface area contributed by atoms with Crippen molar-refractivity contribution in [3.8, 4) is 0 Å². The van der Waals surface area contributed by atoms with Crippen LogP contribution in [0, 0.1) is 5.82 Å². The summed E-state index contributed by atoms with van der Waals surface area (Å²) in [5.74, 6) is -1.74. The van der Waals surface area contributed by atoms with Crippen LogP contribution in [0.3, 0.4) is 0 Å². The number of halogens is 1. The first-order valence-corrected chi connectivity index (χ1v) is 11.3. The largest absolute Gasteiger partial charge is 0.355 e. The molecule has 2 aromatic carbocycles. The molecule has 0 bridgehead atoms. The molecular formula is C21H26FN3O4S. The Morgan fingerprint density at radius 2 is 1.67 bits per heavy atom. The number of carbonyl (C=O) groups is 2. The van der Waals surface area contributed by atoms with Gasteiger partial charge in [0.05, 0.1) is 11.9 Å². The zero-order valence-electron chi connectivity index (χ0n) is 17.2. The van der Waals surface area contributed by atoms with Gasteiger partial charge >= 0.3 is 0 Å². The summed E-state index contributed by atoms with van der Waals surface area (Å²) in [5.41, 5.74) is 0.553. The molecule has 1 N–H and O–H groups in total. The highest BCUT2D eigenvalue weighted by Gasteiger charge is 2.30. The lowest BCUT2D eigenvalue weighted by Crippen LogP contribution is -2.51. The number of para-hydroxylation sites is 1. The number of hydrogen-bond donors (Lipinski definition) is 1. The first-order chi connectivity index (χ1) is 14.1. The lowest BCUT2D eigenvalue weighted by atomic mass is 10.1. The fourth-order valence-electron chi connectivity index (χ4n) is 2.93. The van der Waals surface area contributed by atoms with Crippen LogP contribution in [0.4, 0.5) is 10.1 Å². The molecule has 0 heterocycles. The number of anilines is 1. The molecule has 7 nitrogen and oxygen atoms in total. The fourth-order valence-corrected chi connectivity index (χ4v) is 3.78. The van der Waals surface area contributed by atoms with Crippen molar-refractivity contribution in [2.45, 2.75) is 26.4 Å². The van der Waals surface area contributed by atoms with Crippen molar-refractivity contribution in [2.75, 3.05) is 23.7 Å². The topological polar surface area (TPSA) is 86.8 Å². The lowest BCUT2D eigenvalue weighted by molar-refractivity contribution is -0.139. The summed E-state index contributed by atoms with van der Waals surface area (Å²) in [7, 11) is -3.95. The highest BCUT2D eigenvalue weighted by Crippen LogP contribution is 2.22.